The van der Waals surface area contributed by atoms with Crippen LogP contribution in [0.5, 0.6) is 0 Å². The van der Waals surface area contributed by atoms with Gasteiger partial charge in [-0.3, -0.25) is 10.1 Å². The lowest BCUT2D eigenvalue weighted by molar-refractivity contribution is -0.384. The van der Waals surface area contributed by atoms with Crippen LogP contribution < -0.4 is 0 Å². The fraction of sp³-hybridized carbons (Fsp3) is 0.308. The molecule has 1 atom stereocenters. The summed E-state index contributed by atoms with van der Waals surface area (Å²) in [5.74, 6) is 0.376. The van der Waals surface area contributed by atoms with Crippen LogP contribution in [0.1, 0.15) is 25.5 Å². The first-order chi connectivity index (χ1) is 8.59. The average Bonchev–Trinajstić information content (AvgIpc) is 2.83. The van der Waals surface area contributed by atoms with Crippen LogP contribution in [0.2, 0.25) is 0 Å². The van der Waals surface area contributed by atoms with E-state index in [1.54, 1.807) is 24.7 Å². The standard InChI is InChI=1S/C13H15N3O2/c1-10(2)13(15-8-7-14-9-15)11-3-5-12(6-4-11)16(17)18/h3-10,13H,1-2H3. The Balaban J connectivity index is 2.35. The summed E-state index contributed by atoms with van der Waals surface area (Å²) in [5, 5.41) is 10.6. The normalized spacial score (nSPS) is 12.6. The van der Waals surface area contributed by atoms with E-state index in [4.69, 9.17) is 0 Å². The second kappa shape index (κ2) is 5.00. The molecule has 1 unspecified atom stereocenters. The summed E-state index contributed by atoms with van der Waals surface area (Å²) in [4.78, 5) is 14.3. The first-order valence-corrected chi connectivity index (χ1v) is 5.81. The first-order valence-electron chi connectivity index (χ1n) is 5.81. The lowest BCUT2D eigenvalue weighted by Gasteiger charge is -2.22. The third-order valence-electron chi connectivity index (χ3n) is 2.92. The molecule has 18 heavy (non-hydrogen) atoms. The minimum atomic E-state index is -0.384. The molecule has 0 spiro atoms. The molecule has 0 N–H and O–H groups in total. The third-order valence-corrected chi connectivity index (χ3v) is 2.92. The molecule has 0 saturated heterocycles. The van der Waals surface area contributed by atoms with Gasteiger partial charge in [0.1, 0.15) is 0 Å². The van der Waals surface area contributed by atoms with E-state index in [0.29, 0.717) is 5.92 Å². The Labute approximate surface area is 105 Å². The van der Waals surface area contributed by atoms with E-state index in [2.05, 4.69) is 18.8 Å². The van der Waals surface area contributed by atoms with Crippen LogP contribution in [0.25, 0.3) is 0 Å². The minimum absolute atomic E-state index is 0.117. The predicted octanol–water partition coefficient (Wildman–Crippen LogP) is 3.04. The van der Waals surface area contributed by atoms with Crippen molar-refractivity contribution < 1.29 is 4.92 Å². The van der Waals surface area contributed by atoms with Gasteiger partial charge >= 0.3 is 0 Å². The molecule has 2 aromatic rings. The van der Waals surface area contributed by atoms with Crippen molar-refractivity contribution in [2.24, 2.45) is 5.92 Å². The highest BCUT2D eigenvalue weighted by molar-refractivity contribution is 5.34. The van der Waals surface area contributed by atoms with E-state index in [1.807, 2.05) is 22.9 Å². The van der Waals surface area contributed by atoms with Gasteiger partial charge in [-0.1, -0.05) is 26.0 Å². The summed E-state index contributed by atoms with van der Waals surface area (Å²) in [6.07, 6.45) is 5.42. The molecule has 0 amide bonds. The van der Waals surface area contributed by atoms with Gasteiger partial charge in [-0.2, -0.15) is 0 Å². The maximum Gasteiger partial charge on any atom is 0.269 e. The summed E-state index contributed by atoms with van der Waals surface area (Å²) in [5.41, 5.74) is 1.17. The largest absolute Gasteiger partial charge is 0.330 e. The Hall–Kier alpha value is -2.17. The Morgan fingerprint density at radius 2 is 1.94 bits per heavy atom. The number of imidazole rings is 1. The fourth-order valence-electron chi connectivity index (χ4n) is 2.13. The highest BCUT2D eigenvalue weighted by Gasteiger charge is 2.18. The smallest absolute Gasteiger partial charge is 0.269 e. The van der Waals surface area contributed by atoms with Crippen molar-refractivity contribution in [1.82, 2.24) is 9.55 Å². The highest BCUT2D eigenvalue weighted by Crippen LogP contribution is 2.27. The van der Waals surface area contributed by atoms with Gasteiger partial charge in [-0.15, -0.1) is 0 Å². The molecule has 0 aliphatic rings. The summed E-state index contributed by atoms with van der Waals surface area (Å²) in [6.45, 7) is 4.23. The summed E-state index contributed by atoms with van der Waals surface area (Å²) in [6, 6.07) is 6.85. The quantitative estimate of drug-likeness (QED) is 0.614. The molecule has 0 aliphatic carbocycles. The molecular formula is C13H15N3O2. The molecule has 1 aromatic carbocycles. The van der Waals surface area contributed by atoms with Crippen molar-refractivity contribution in [3.05, 3.63) is 58.7 Å². The van der Waals surface area contributed by atoms with Crippen molar-refractivity contribution >= 4 is 5.69 Å². The summed E-state index contributed by atoms with van der Waals surface area (Å²) in [7, 11) is 0. The molecular weight excluding hydrogens is 230 g/mol. The highest BCUT2D eigenvalue weighted by atomic mass is 16.6. The lowest BCUT2D eigenvalue weighted by atomic mass is 9.96. The van der Waals surface area contributed by atoms with Gasteiger partial charge in [0.2, 0.25) is 0 Å². The second-order valence-electron chi connectivity index (χ2n) is 4.55. The van der Waals surface area contributed by atoms with Crippen LogP contribution in [0.15, 0.2) is 43.0 Å². The SMILES string of the molecule is CC(C)C(c1ccc([N+](=O)[O-])cc1)n1ccnc1. The average molecular weight is 245 g/mol. The zero-order valence-electron chi connectivity index (χ0n) is 10.4. The maximum absolute atomic E-state index is 10.6. The van der Waals surface area contributed by atoms with Gasteiger partial charge in [-0.25, -0.2) is 4.98 Å². The molecule has 94 valence electrons. The van der Waals surface area contributed by atoms with E-state index in [-0.39, 0.29) is 16.7 Å². The topological polar surface area (TPSA) is 61.0 Å². The number of aromatic nitrogens is 2. The van der Waals surface area contributed by atoms with Gasteiger partial charge in [0.05, 0.1) is 17.3 Å². The van der Waals surface area contributed by atoms with E-state index < -0.39 is 0 Å². The van der Waals surface area contributed by atoms with Gasteiger partial charge in [-0.05, 0) is 11.5 Å². The van der Waals surface area contributed by atoms with Crippen LogP contribution in [0, 0.1) is 16.0 Å². The van der Waals surface area contributed by atoms with Crippen LogP contribution in [0.4, 0.5) is 5.69 Å². The number of nitro benzene ring substituents is 1. The van der Waals surface area contributed by atoms with E-state index in [1.165, 1.54) is 0 Å². The van der Waals surface area contributed by atoms with Crippen LogP contribution in [-0.2, 0) is 0 Å². The molecule has 1 aromatic heterocycles. The van der Waals surface area contributed by atoms with E-state index >= 15 is 0 Å². The maximum atomic E-state index is 10.6. The van der Waals surface area contributed by atoms with Crippen molar-refractivity contribution in [2.75, 3.05) is 0 Å². The Kier molecular flexibility index (Phi) is 3.41. The number of nitrogens with zero attached hydrogens (tertiary/aromatic N) is 3. The molecule has 0 radical (unpaired) electrons. The van der Waals surface area contributed by atoms with Crippen LogP contribution >= 0.6 is 0 Å². The molecule has 0 bridgehead atoms. The number of non-ortho nitro benzene ring substituents is 1. The summed E-state index contributed by atoms with van der Waals surface area (Å²) >= 11 is 0. The van der Waals surface area contributed by atoms with Crippen LogP contribution in [-0.4, -0.2) is 14.5 Å². The molecule has 0 aliphatic heterocycles. The predicted molar refractivity (Wildman–Crippen MR) is 68.3 cm³/mol. The van der Waals surface area contributed by atoms with Crippen LogP contribution in [0.3, 0.4) is 0 Å². The summed E-state index contributed by atoms with van der Waals surface area (Å²) < 4.78 is 2.02. The minimum Gasteiger partial charge on any atom is -0.330 e. The van der Waals surface area contributed by atoms with Gasteiger partial charge in [0, 0.05) is 24.5 Å². The molecule has 0 fully saturated rings. The zero-order valence-corrected chi connectivity index (χ0v) is 10.4. The number of hydrogen-bond acceptors (Lipinski definition) is 3. The monoisotopic (exact) mass is 245 g/mol. The Morgan fingerprint density at radius 3 is 2.39 bits per heavy atom. The van der Waals surface area contributed by atoms with Gasteiger partial charge in [0.15, 0.2) is 0 Å². The molecule has 1 heterocycles. The first kappa shape index (κ1) is 12.3. The number of hydrogen-bond donors (Lipinski definition) is 0. The third kappa shape index (κ3) is 2.40. The molecule has 5 nitrogen and oxygen atoms in total. The van der Waals surface area contributed by atoms with E-state index in [0.717, 1.165) is 5.56 Å². The number of nitro groups is 1. The Bertz CT molecular complexity index is 518. The van der Waals surface area contributed by atoms with Crippen molar-refractivity contribution in [3.8, 4) is 0 Å². The lowest BCUT2D eigenvalue weighted by Crippen LogP contribution is -2.15. The van der Waals surface area contributed by atoms with Gasteiger partial charge < -0.3 is 4.57 Å². The fourth-order valence-corrected chi connectivity index (χ4v) is 2.13. The number of rotatable bonds is 4. The number of benzene rings is 1. The zero-order chi connectivity index (χ0) is 13.1. The van der Waals surface area contributed by atoms with Crippen molar-refractivity contribution in [1.29, 1.82) is 0 Å². The van der Waals surface area contributed by atoms with Gasteiger partial charge in [0.25, 0.3) is 5.69 Å². The molecule has 0 saturated carbocycles. The molecule has 5 heteroatoms. The van der Waals surface area contributed by atoms with Crippen molar-refractivity contribution in [2.45, 2.75) is 19.9 Å². The van der Waals surface area contributed by atoms with Crippen molar-refractivity contribution in [3.63, 3.8) is 0 Å². The Morgan fingerprint density at radius 1 is 1.28 bits per heavy atom. The second-order valence-corrected chi connectivity index (χ2v) is 4.55. The van der Waals surface area contributed by atoms with E-state index in [9.17, 15) is 10.1 Å². The molecule has 2 rings (SSSR count).